The van der Waals surface area contributed by atoms with Crippen molar-refractivity contribution in [3.8, 4) is 6.07 Å². The van der Waals surface area contributed by atoms with Crippen molar-refractivity contribution >= 4 is 11.3 Å². The van der Waals surface area contributed by atoms with Gasteiger partial charge in [-0.05, 0) is 55.8 Å². The minimum atomic E-state index is 0.660. The number of aliphatic imine (C=N–C) groups is 1. The van der Waals surface area contributed by atoms with Crippen LogP contribution < -0.4 is 0 Å². The summed E-state index contributed by atoms with van der Waals surface area (Å²) in [6, 6.07) is 13.9. The summed E-state index contributed by atoms with van der Waals surface area (Å²) >= 11 is 0. The maximum absolute atomic E-state index is 8.93. The second kappa shape index (κ2) is 5.26. The zero-order chi connectivity index (χ0) is 14.8. The van der Waals surface area contributed by atoms with Crippen LogP contribution >= 0.6 is 0 Å². The van der Waals surface area contributed by atoms with Gasteiger partial charge in [0, 0.05) is 22.7 Å². The number of aromatic amines is 1. The third-order valence-electron chi connectivity index (χ3n) is 3.44. The third-order valence-corrected chi connectivity index (χ3v) is 3.44. The van der Waals surface area contributed by atoms with Crippen LogP contribution in [0.2, 0.25) is 0 Å². The predicted octanol–water partition coefficient (Wildman–Crippen LogP) is 3.98. The van der Waals surface area contributed by atoms with Crippen LogP contribution in [-0.2, 0) is 0 Å². The fourth-order valence-corrected chi connectivity index (χ4v) is 2.41. The molecule has 0 saturated carbocycles. The number of benzene rings is 1. The van der Waals surface area contributed by atoms with Crippen LogP contribution in [0.5, 0.6) is 0 Å². The first-order valence-electron chi connectivity index (χ1n) is 6.81. The van der Waals surface area contributed by atoms with Crippen molar-refractivity contribution < 1.29 is 0 Å². The quantitative estimate of drug-likeness (QED) is 0.883. The van der Waals surface area contributed by atoms with Gasteiger partial charge >= 0.3 is 0 Å². The van der Waals surface area contributed by atoms with Crippen molar-refractivity contribution in [2.24, 2.45) is 4.99 Å². The molecule has 102 valence electrons. The highest BCUT2D eigenvalue weighted by Gasteiger charge is 2.14. The molecule has 1 aliphatic heterocycles. The largest absolute Gasteiger partial charge is 0.359 e. The lowest BCUT2D eigenvalue weighted by atomic mass is 9.99. The Morgan fingerprint density at radius 2 is 1.81 bits per heavy atom. The first kappa shape index (κ1) is 13.1. The van der Waals surface area contributed by atoms with Crippen LogP contribution in [0.1, 0.15) is 29.4 Å². The van der Waals surface area contributed by atoms with Gasteiger partial charge in [-0.15, -0.1) is 0 Å². The molecular weight excluding hydrogens is 258 g/mol. The zero-order valence-corrected chi connectivity index (χ0v) is 12.0. The minimum absolute atomic E-state index is 0.660. The van der Waals surface area contributed by atoms with Gasteiger partial charge in [0.2, 0.25) is 0 Å². The van der Waals surface area contributed by atoms with Gasteiger partial charge in [0.1, 0.15) is 0 Å². The Morgan fingerprint density at radius 1 is 1.05 bits per heavy atom. The second-order valence-corrected chi connectivity index (χ2v) is 5.09. The van der Waals surface area contributed by atoms with E-state index in [4.69, 9.17) is 5.26 Å². The van der Waals surface area contributed by atoms with Gasteiger partial charge in [-0.25, -0.2) is 0 Å². The van der Waals surface area contributed by atoms with Gasteiger partial charge < -0.3 is 4.98 Å². The van der Waals surface area contributed by atoms with E-state index in [1.165, 1.54) is 0 Å². The minimum Gasteiger partial charge on any atom is -0.359 e. The van der Waals surface area contributed by atoms with Crippen LogP contribution in [0, 0.1) is 18.3 Å². The van der Waals surface area contributed by atoms with Gasteiger partial charge in [-0.1, -0.05) is 12.1 Å². The van der Waals surface area contributed by atoms with E-state index in [1.54, 1.807) is 0 Å². The lowest BCUT2D eigenvalue weighted by molar-refractivity contribution is 1.23. The number of aromatic nitrogens is 1. The normalized spacial score (nSPS) is 15.8. The number of aryl methyl sites for hydroxylation is 1. The average Bonchev–Trinajstić information content (AvgIpc) is 3.10. The molecule has 3 nitrogen and oxygen atoms in total. The molecule has 0 amide bonds. The van der Waals surface area contributed by atoms with Crippen molar-refractivity contribution in [1.82, 2.24) is 4.98 Å². The van der Waals surface area contributed by atoms with E-state index in [0.717, 1.165) is 33.9 Å². The van der Waals surface area contributed by atoms with E-state index >= 15 is 0 Å². The van der Waals surface area contributed by atoms with E-state index in [9.17, 15) is 0 Å². The smallest absolute Gasteiger partial charge is 0.0991 e. The standard InChI is InChI=1S/C18H15N3/c1-12-3-9-16(20-12)18(17-10-4-13(2)21-17)15-7-5-14(11-19)6-8-15/h3-10,20H,1-2H3/b18-17+. The molecule has 1 aromatic heterocycles. The molecule has 0 saturated heterocycles. The topological polar surface area (TPSA) is 51.9 Å². The Hall–Kier alpha value is -2.86. The molecule has 2 aromatic rings. The Kier molecular flexibility index (Phi) is 3.29. The molecule has 2 heterocycles. The number of hydrogen-bond acceptors (Lipinski definition) is 2. The highest BCUT2D eigenvalue weighted by atomic mass is 14.8. The summed E-state index contributed by atoms with van der Waals surface area (Å²) in [6.07, 6.45) is 4.04. The van der Waals surface area contributed by atoms with Gasteiger partial charge in [0.05, 0.1) is 17.3 Å². The molecule has 0 radical (unpaired) electrons. The first-order valence-corrected chi connectivity index (χ1v) is 6.81. The number of nitriles is 1. The summed E-state index contributed by atoms with van der Waals surface area (Å²) in [5.74, 6) is 0. The maximum Gasteiger partial charge on any atom is 0.0991 e. The van der Waals surface area contributed by atoms with Gasteiger partial charge in [0.25, 0.3) is 0 Å². The highest BCUT2D eigenvalue weighted by Crippen LogP contribution is 2.29. The monoisotopic (exact) mass is 273 g/mol. The SMILES string of the molecule is CC1=N/C(=C(\c2ccc(C#N)cc2)c2ccc(C)[nH]2)C=C1. The number of nitrogens with zero attached hydrogens (tertiary/aromatic N) is 2. The highest BCUT2D eigenvalue weighted by molar-refractivity contribution is 5.99. The molecule has 3 heteroatoms. The Morgan fingerprint density at radius 3 is 2.33 bits per heavy atom. The molecule has 1 aliphatic rings. The summed E-state index contributed by atoms with van der Waals surface area (Å²) in [5.41, 5.74) is 6.86. The van der Waals surface area contributed by atoms with Crippen molar-refractivity contribution in [1.29, 1.82) is 5.26 Å². The molecule has 0 atom stereocenters. The lowest BCUT2D eigenvalue weighted by Gasteiger charge is -2.08. The molecule has 0 spiro atoms. The van der Waals surface area contributed by atoms with Crippen LogP contribution in [0.4, 0.5) is 0 Å². The van der Waals surface area contributed by atoms with Crippen molar-refractivity contribution in [2.45, 2.75) is 13.8 Å². The number of nitrogens with one attached hydrogen (secondary N) is 1. The Bertz CT molecular complexity index is 809. The molecule has 0 aliphatic carbocycles. The molecule has 0 fully saturated rings. The molecule has 0 unspecified atom stereocenters. The fourth-order valence-electron chi connectivity index (χ4n) is 2.41. The van der Waals surface area contributed by atoms with Crippen molar-refractivity contribution in [3.63, 3.8) is 0 Å². The average molecular weight is 273 g/mol. The molecule has 21 heavy (non-hydrogen) atoms. The predicted molar refractivity (Wildman–Crippen MR) is 85.0 cm³/mol. The number of hydrogen-bond donors (Lipinski definition) is 1. The van der Waals surface area contributed by atoms with Crippen LogP contribution in [0.15, 0.2) is 59.2 Å². The summed E-state index contributed by atoms with van der Waals surface area (Å²) < 4.78 is 0. The van der Waals surface area contributed by atoms with Gasteiger partial charge in [0.15, 0.2) is 0 Å². The number of rotatable bonds is 2. The van der Waals surface area contributed by atoms with Crippen LogP contribution in [-0.4, -0.2) is 10.7 Å². The van der Waals surface area contributed by atoms with E-state index < -0.39 is 0 Å². The Labute approximate surface area is 124 Å². The van der Waals surface area contributed by atoms with Crippen LogP contribution in [0.3, 0.4) is 0 Å². The maximum atomic E-state index is 8.93. The molecule has 1 N–H and O–H groups in total. The van der Waals surface area contributed by atoms with E-state index in [0.29, 0.717) is 5.56 Å². The van der Waals surface area contributed by atoms with E-state index in [2.05, 4.69) is 28.2 Å². The third kappa shape index (κ3) is 2.56. The number of allylic oxidation sites excluding steroid dienone is 2. The molecular formula is C18H15N3. The van der Waals surface area contributed by atoms with Crippen molar-refractivity contribution in [2.75, 3.05) is 0 Å². The summed E-state index contributed by atoms with van der Waals surface area (Å²) in [7, 11) is 0. The fraction of sp³-hybridized carbons (Fsp3) is 0.111. The summed E-state index contributed by atoms with van der Waals surface area (Å²) in [6.45, 7) is 4.02. The zero-order valence-electron chi connectivity index (χ0n) is 12.0. The summed E-state index contributed by atoms with van der Waals surface area (Å²) in [4.78, 5) is 7.96. The first-order chi connectivity index (χ1) is 10.2. The van der Waals surface area contributed by atoms with Gasteiger partial charge in [-0.3, -0.25) is 4.99 Å². The number of H-pyrrole nitrogens is 1. The Balaban J connectivity index is 2.18. The molecule has 3 rings (SSSR count). The molecule has 0 bridgehead atoms. The van der Waals surface area contributed by atoms with E-state index in [-0.39, 0.29) is 0 Å². The second-order valence-electron chi connectivity index (χ2n) is 5.09. The summed E-state index contributed by atoms with van der Waals surface area (Å²) in [5, 5.41) is 8.93. The van der Waals surface area contributed by atoms with E-state index in [1.807, 2.05) is 50.3 Å². The van der Waals surface area contributed by atoms with Gasteiger partial charge in [-0.2, -0.15) is 5.26 Å². The molecule has 1 aromatic carbocycles. The van der Waals surface area contributed by atoms with Crippen LogP contribution in [0.25, 0.3) is 5.57 Å². The lowest BCUT2D eigenvalue weighted by Crippen LogP contribution is -1.92. The van der Waals surface area contributed by atoms with Crippen molar-refractivity contribution in [3.05, 3.63) is 76.8 Å².